The Morgan fingerprint density at radius 2 is 2.11 bits per heavy atom. The summed E-state index contributed by atoms with van der Waals surface area (Å²) in [5, 5.41) is 3.49. The van der Waals surface area contributed by atoms with Crippen molar-refractivity contribution in [1.29, 1.82) is 0 Å². The number of ether oxygens (including phenoxy) is 1. The Labute approximate surface area is 122 Å². The minimum absolute atomic E-state index is 0.273. The zero-order valence-corrected chi connectivity index (χ0v) is 12.6. The highest BCUT2D eigenvalue weighted by molar-refractivity contribution is 9.10. The van der Waals surface area contributed by atoms with Crippen LogP contribution in [-0.4, -0.2) is 12.1 Å². The third-order valence-corrected chi connectivity index (χ3v) is 3.71. The summed E-state index contributed by atoms with van der Waals surface area (Å²) in [6, 6.07) is 12.5. The summed E-state index contributed by atoms with van der Waals surface area (Å²) >= 11 is 3.58. The van der Waals surface area contributed by atoms with Crippen LogP contribution < -0.4 is 10.1 Å². The van der Waals surface area contributed by atoms with E-state index >= 15 is 0 Å². The molecule has 3 nitrogen and oxygen atoms in total. The summed E-state index contributed by atoms with van der Waals surface area (Å²) < 4.78 is 6.25. The number of methoxy groups -OCH3 is 1. The fraction of sp³-hybridized carbons (Fsp3) is 0.267. The van der Waals surface area contributed by atoms with Gasteiger partial charge in [-0.1, -0.05) is 34.1 Å². The SMILES string of the molecule is COc1cc(CNC(C)c2ccccc2Br)ccn1. The summed E-state index contributed by atoms with van der Waals surface area (Å²) in [7, 11) is 1.63. The van der Waals surface area contributed by atoms with Crippen molar-refractivity contribution in [1.82, 2.24) is 10.3 Å². The summed E-state index contributed by atoms with van der Waals surface area (Å²) in [6.45, 7) is 2.93. The van der Waals surface area contributed by atoms with Crippen molar-refractivity contribution in [2.75, 3.05) is 7.11 Å². The highest BCUT2D eigenvalue weighted by atomic mass is 79.9. The molecular weight excluding hydrogens is 304 g/mol. The van der Waals surface area contributed by atoms with Crippen LogP contribution in [0.2, 0.25) is 0 Å². The number of pyridine rings is 1. The lowest BCUT2D eigenvalue weighted by atomic mass is 10.1. The molecule has 100 valence electrons. The van der Waals surface area contributed by atoms with E-state index in [4.69, 9.17) is 4.74 Å². The predicted molar refractivity (Wildman–Crippen MR) is 80.2 cm³/mol. The fourth-order valence-electron chi connectivity index (χ4n) is 1.88. The smallest absolute Gasteiger partial charge is 0.213 e. The van der Waals surface area contributed by atoms with E-state index in [0.717, 1.165) is 16.6 Å². The molecule has 0 saturated carbocycles. The molecule has 2 aromatic rings. The molecule has 2 rings (SSSR count). The van der Waals surface area contributed by atoms with Gasteiger partial charge in [0.05, 0.1) is 7.11 Å². The molecule has 0 fully saturated rings. The number of hydrogen-bond donors (Lipinski definition) is 1. The van der Waals surface area contributed by atoms with Gasteiger partial charge in [-0.05, 0) is 30.2 Å². The maximum absolute atomic E-state index is 5.12. The first-order chi connectivity index (χ1) is 9.20. The number of nitrogens with one attached hydrogen (secondary N) is 1. The topological polar surface area (TPSA) is 34.1 Å². The lowest BCUT2D eigenvalue weighted by molar-refractivity contribution is 0.397. The maximum atomic E-state index is 5.12. The van der Waals surface area contributed by atoms with Gasteiger partial charge in [0.25, 0.3) is 0 Å². The summed E-state index contributed by atoms with van der Waals surface area (Å²) in [5.41, 5.74) is 2.41. The quantitative estimate of drug-likeness (QED) is 0.912. The second-order valence-electron chi connectivity index (χ2n) is 4.33. The van der Waals surface area contributed by atoms with Crippen molar-refractivity contribution in [3.8, 4) is 5.88 Å². The molecule has 4 heteroatoms. The molecule has 1 unspecified atom stereocenters. The molecule has 0 aliphatic rings. The van der Waals surface area contributed by atoms with Gasteiger partial charge in [-0.3, -0.25) is 0 Å². The van der Waals surface area contributed by atoms with Crippen LogP contribution in [0.4, 0.5) is 0 Å². The van der Waals surface area contributed by atoms with Gasteiger partial charge in [0.2, 0.25) is 5.88 Å². The highest BCUT2D eigenvalue weighted by Gasteiger charge is 2.08. The second kappa shape index (κ2) is 6.68. The van der Waals surface area contributed by atoms with E-state index in [1.807, 2.05) is 24.3 Å². The van der Waals surface area contributed by atoms with E-state index in [0.29, 0.717) is 5.88 Å². The molecule has 0 aliphatic carbocycles. The molecular formula is C15H17BrN2O. The molecule has 0 amide bonds. The third-order valence-electron chi connectivity index (χ3n) is 2.99. The molecule has 0 radical (unpaired) electrons. The summed E-state index contributed by atoms with van der Waals surface area (Å²) in [6.07, 6.45) is 1.76. The van der Waals surface area contributed by atoms with E-state index in [9.17, 15) is 0 Å². The fourth-order valence-corrected chi connectivity index (χ4v) is 2.51. The van der Waals surface area contributed by atoms with Gasteiger partial charge in [0, 0.05) is 29.3 Å². The standard InChI is InChI=1S/C15H17BrN2O/c1-11(13-5-3-4-6-14(13)16)18-10-12-7-8-17-15(9-12)19-2/h3-9,11,18H,10H2,1-2H3. The third kappa shape index (κ3) is 3.78. The van der Waals surface area contributed by atoms with Crippen LogP contribution in [-0.2, 0) is 6.54 Å². The number of rotatable bonds is 5. The molecule has 0 spiro atoms. The molecule has 0 saturated heterocycles. The van der Waals surface area contributed by atoms with Crippen molar-refractivity contribution in [3.63, 3.8) is 0 Å². The van der Waals surface area contributed by atoms with Gasteiger partial charge >= 0.3 is 0 Å². The van der Waals surface area contributed by atoms with Crippen molar-refractivity contribution in [2.24, 2.45) is 0 Å². The molecule has 1 N–H and O–H groups in total. The molecule has 0 aliphatic heterocycles. The number of hydrogen-bond acceptors (Lipinski definition) is 3. The average molecular weight is 321 g/mol. The van der Waals surface area contributed by atoms with Crippen LogP contribution in [0.1, 0.15) is 24.1 Å². The Bertz CT molecular complexity index is 545. The first kappa shape index (κ1) is 14.0. The van der Waals surface area contributed by atoms with Crippen LogP contribution >= 0.6 is 15.9 Å². The van der Waals surface area contributed by atoms with E-state index in [1.54, 1.807) is 13.3 Å². The van der Waals surface area contributed by atoms with Crippen molar-refractivity contribution in [2.45, 2.75) is 19.5 Å². The van der Waals surface area contributed by atoms with E-state index in [-0.39, 0.29) is 6.04 Å². The van der Waals surface area contributed by atoms with Gasteiger partial charge in [-0.25, -0.2) is 4.98 Å². The molecule has 1 heterocycles. The zero-order chi connectivity index (χ0) is 13.7. The van der Waals surface area contributed by atoms with Gasteiger partial charge < -0.3 is 10.1 Å². The Morgan fingerprint density at radius 1 is 1.32 bits per heavy atom. The number of nitrogens with zero attached hydrogens (tertiary/aromatic N) is 1. The minimum Gasteiger partial charge on any atom is -0.481 e. The van der Waals surface area contributed by atoms with E-state index in [1.165, 1.54) is 5.56 Å². The van der Waals surface area contributed by atoms with Crippen molar-refractivity contribution >= 4 is 15.9 Å². The van der Waals surface area contributed by atoms with Gasteiger partial charge in [-0.2, -0.15) is 0 Å². The molecule has 1 atom stereocenters. The van der Waals surface area contributed by atoms with E-state index in [2.05, 4.69) is 45.3 Å². The van der Waals surface area contributed by atoms with Crippen LogP contribution in [0.5, 0.6) is 5.88 Å². The Hall–Kier alpha value is -1.39. The lowest BCUT2D eigenvalue weighted by Crippen LogP contribution is -2.18. The first-order valence-corrected chi connectivity index (χ1v) is 6.96. The first-order valence-electron chi connectivity index (χ1n) is 6.17. The largest absolute Gasteiger partial charge is 0.481 e. The summed E-state index contributed by atoms with van der Waals surface area (Å²) in [4.78, 5) is 4.10. The Balaban J connectivity index is 2.00. The monoisotopic (exact) mass is 320 g/mol. The van der Waals surface area contributed by atoms with Crippen LogP contribution in [0.3, 0.4) is 0 Å². The van der Waals surface area contributed by atoms with Crippen LogP contribution in [0.25, 0.3) is 0 Å². The van der Waals surface area contributed by atoms with Gasteiger partial charge in [-0.15, -0.1) is 0 Å². The molecule has 1 aromatic heterocycles. The molecule has 0 bridgehead atoms. The van der Waals surface area contributed by atoms with Crippen LogP contribution in [0, 0.1) is 0 Å². The van der Waals surface area contributed by atoms with Gasteiger partial charge in [0.15, 0.2) is 0 Å². The summed E-state index contributed by atoms with van der Waals surface area (Å²) in [5.74, 6) is 0.646. The van der Waals surface area contributed by atoms with E-state index < -0.39 is 0 Å². The van der Waals surface area contributed by atoms with Crippen molar-refractivity contribution < 1.29 is 4.74 Å². The maximum Gasteiger partial charge on any atom is 0.213 e. The number of aromatic nitrogens is 1. The number of benzene rings is 1. The molecule has 19 heavy (non-hydrogen) atoms. The van der Waals surface area contributed by atoms with Gasteiger partial charge in [0.1, 0.15) is 0 Å². The second-order valence-corrected chi connectivity index (χ2v) is 5.18. The zero-order valence-electron chi connectivity index (χ0n) is 11.1. The average Bonchev–Trinajstić information content (AvgIpc) is 2.45. The Morgan fingerprint density at radius 3 is 2.84 bits per heavy atom. The lowest BCUT2D eigenvalue weighted by Gasteiger charge is -2.16. The normalized spacial score (nSPS) is 12.2. The minimum atomic E-state index is 0.273. The van der Waals surface area contributed by atoms with Crippen LogP contribution in [0.15, 0.2) is 47.1 Å². The highest BCUT2D eigenvalue weighted by Crippen LogP contribution is 2.23. The Kier molecular flexibility index (Phi) is 4.93. The molecule has 1 aromatic carbocycles. The number of halogens is 1. The van der Waals surface area contributed by atoms with Crippen molar-refractivity contribution in [3.05, 3.63) is 58.2 Å². The predicted octanol–water partition coefficient (Wildman–Crippen LogP) is 3.70.